The molecular weight excluding hydrogens is 214 g/mol. The van der Waals surface area contributed by atoms with Crippen LogP contribution in [0.1, 0.15) is 23.1 Å². The molecule has 0 amide bonds. The zero-order valence-electron chi connectivity index (χ0n) is 9.67. The highest BCUT2D eigenvalue weighted by Gasteiger charge is 2.09. The number of nitrogens with two attached hydrogens (primary N) is 2. The third-order valence-electron chi connectivity index (χ3n) is 2.48. The average molecular weight is 229 g/mol. The number of pyridine rings is 1. The molecule has 88 valence electrons. The van der Waals surface area contributed by atoms with E-state index in [1.807, 2.05) is 25.1 Å². The molecule has 0 aromatic carbocycles. The minimum Gasteiger partial charge on any atom is -0.384 e. The van der Waals surface area contributed by atoms with Gasteiger partial charge in [0.15, 0.2) is 0 Å². The lowest BCUT2D eigenvalue weighted by molar-refractivity contribution is 0.687. The predicted octanol–water partition coefficient (Wildman–Crippen LogP) is 1.00. The Morgan fingerprint density at radius 2 is 2.00 bits per heavy atom. The van der Waals surface area contributed by atoms with Crippen LogP contribution in [0.3, 0.4) is 0 Å². The molecular formula is C12H15N5. The highest BCUT2D eigenvalue weighted by atomic mass is 14.9. The summed E-state index contributed by atoms with van der Waals surface area (Å²) in [7, 11) is 0. The Bertz CT molecular complexity index is 512. The molecule has 2 aromatic heterocycles. The van der Waals surface area contributed by atoms with E-state index >= 15 is 0 Å². The summed E-state index contributed by atoms with van der Waals surface area (Å²) >= 11 is 0. The second kappa shape index (κ2) is 4.88. The van der Waals surface area contributed by atoms with Crippen molar-refractivity contribution in [1.82, 2.24) is 15.0 Å². The number of aromatic nitrogens is 3. The molecule has 2 heterocycles. The zero-order chi connectivity index (χ0) is 12.3. The van der Waals surface area contributed by atoms with Crippen LogP contribution in [0, 0.1) is 6.92 Å². The van der Waals surface area contributed by atoms with Crippen molar-refractivity contribution < 1.29 is 0 Å². The summed E-state index contributed by atoms with van der Waals surface area (Å²) in [5, 5.41) is 0. The number of nitrogens with zero attached hydrogens (tertiary/aromatic N) is 3. The molecule has 2 aromatic rings. The van der Waals surface area contributed by atoms with E-state index in [1.165, 1.54) is 0 Å². The Labute approximate surface area is 99.9 Å². The molecule has 5 heteroatoms. The molecule has 1 atom stereocenters. The second-order valence-corrected chi connectivity index (χ2v) is 3.93. The molecule has 4 N–H and O–H groups in total. The van der Waals surface area contributed by atoms with Gasteiger partial charge in [0.05, 0.1) is 11.7 Å². The molecule has 2 rings (SSSR count). The fourth-order valence-corrected chi connectivity index (χ4v) is 1.66. The van der Waals surface area contributed by atoms with Crippen LogP contribution in [0.4, 0.5) is 5.82 Å². The molecule has 0 saturated carbocycles. The van der Waals surface area contributed by atoms with Crippen LogP contribution in [0.25, 0.3) is 0 Å². The van der Waals surface area contributed by atoms with Crippen molar-refractivity contribution in [2.45, 2.75) is 19.4 Å². The molecule has 0 aliphatic carbocycles. The van der Waals surface area contributed by atoms with E-state index in [2.05, 4.69) is 15.0 Å². The summed E-state index contributed by atoms with van der Waals surface area (Å²) < 4.78 is 0. The molecule has 0 aliphatic rings. The third-order valence-corrected chi connectivity index (χ3v) is 2.48. The lowest BCUT2D eigenvalue weighted by Gasteiger charge is -2.11. The van der Waals surface area contributed by atoms with E-state index in [0.717, 1.165) is 17.1 Å². The van der Waals surface area contributed by atoms with Crippen LogP contribution in [0.2, 0.25) is 0 Å². The summed E-state index contributed by atoms with van der Waals surface area (Å²) in [4.78, 5) is 12.3. The highest BCUT2D eigenvalue weighted by Crippen LogP contribution is 2.14. The zero-order valence-corrected chi connectivity index (χ0v) is 9.67. The molecule has 17 heavy (non-hydrogen) atoms. The van der Waals surface area contributed by atoms with Gasteiger partial charge in [-0.3, -0.25) is 0 Å². The van der Waals surface area contributed by atoms with E-state index in [0.29, 0.717) is 12.2 Å². The van der Waals surface area contributed by atoms with Crippen molar-refractivity contribution in [2.24, 2.45) is 5.73 Å². The number of anilines is 1. The average Bonchev–Trinajstić information content (AvgIpc) is 2.29. The number of aryl methyl sites for hydroxylation is 1. The highest BCUT2D eigenvalue weighted by molar-refractivity contribution is 5.32. The number of hydrogen-bond donors (Lipinski definition) is 2. The van der Waals surface area contributed by atoms with Gasteiger partial charge in [0.25, 0.3) is 0 Å². The van der Waals surface area contributed by atoms with Crippen LogP contribution < -0.4 is 11.5 Å². The first-order valence-corrected chi connectivity index (χ1v) is 5.40. The quantitative estimate of drug-likeness (QED) is 0.819. The summed E-state index contributed by atoms with van der Waals surface area (Å²) in [6, 6.07) is 5.42. The van der Waals surface area contributed by atoms with Crippen molar-refractivity contribution in [2.75, 3.05) is 5.73 Å². The largest absolute Gasteiger partial charge is 0.384 e. The van der Waals surface area contributed by atoms with Crippen LogP contribution in [-0.2, 0) is 6.42 Å². The minimum atomic E-state index is -0.154. The normalized spacial score (nSPS) is 12.4. The standard InChI is InChI=1S/C12H15N5/c1-8-15-5-3-11(17-8)10(13)6-9-2-4-16-12(14)7-9/h2-5,7,10H,6,13H2,1H3,(H2,14,16). The fraction of sp³-hybridized carbons (Fsp3) is 0.250. The summed E-state index contributed by atoms with van der Waals surface area (Å²) in [6.45, 7) is 1.85. The Hall–Kier alpha value is -2.01. The summed E-state index contributed by atoms with van der Waals surface area (Å²) in [6.07, 6.45) is 4.09. The minimum absolute atomic E-state index is 0.154. The van der Waals surface area contributed by atoms with Crippen molar-refractivity contribution in [3.05, 3.63) is 47.7 Å². The lowest BCUT2D eigenvalue weighted by atomic mass is 10.0. The fourth-order valence-electron chi connectivity index (χ4n) is 1.66. The Balaban J connectivity index is 2.14. The van der Waals surface area contributed by atoms with Gasteiger partial charge in [0.1, 0.15) is 11.6 Å². The lowest BCUT2D eigenvalue weighted by Crippen LogP contribution is -2.15. The van der Waals surface area contributed by atoms with E-state index in [9.17, 15) is 0 Å². The van der Waals surface area contributed by atoms with Crippen molar-refractivity contribution in [3.63, 3.8) is 0 Å². The Morgan fingerprint density at radius 1 is 1.24 bits per heavy atom. The maximum absolute atomic E-state index is 6.09. The Kier molecular flexibility index (Phi) is 3.30. The van der Waals surface area contributed by atoms with Crippen LogP contribution in [0.5, 0.6) is 0 Å². The van der Waals surface area contributed by atoms with Crippen LogP contribution >= 0.6 is 0 Å². The third kappa shape index (κ3) is 2.98. The van der Waals surface area contributed by atoms with Crippen LogP contribution in [-0.4, -0.2) is 15.0 Å². The van der Waals surface area contributed by atoms with Gasteiger partial charge < -0.3 is 11.5 Å². The van der Waals surface area contributed by atoms with E-state index in [1.54, 1.807) is 12.4 Å². The SMILES string of the molecule is Cc1nccc(C(N)Cc2ccnc(N)c2)n1. The van der Waals surface area contributed by atoms with Gasteiger partial charge >= 0.3 is 0 Å². The van der Waals surface area contributed by atoms with Gasteiger partial charge in [-0.05, 0) is 37.1 Å². The summed E-state index contributed by atoms with van der Waals surface area (Å²) in [5.74, 6) is 1.24. The topological polar surface area (TPSA) is 90.7 Å². The van der Waals surface area contributed by atoms with Gasteiger partial charge in [-0.1, -0.05) is 0 Å². The monoisotopic (exact) mass is 229 g/mol. The van der Waals surface area contributed by atoms with Gasteiger partial charge in [-0.25, -0.2) is 15.0 Å². The molecule has 0 radical (unpaired) electrons. The number of nitrogen functional groups attached to an aromatic ring is 1. The van der Waals surface area contributed by atoms with Gasteiger partial charge in [-0.2, -0.15) is 0 Å². The first-order valence-electron chi connectivity index (χ1n) is 5.40. The number of rotatable bonds is 3. The number of hydrogen-bond acceptors (Lipinski definition) is 5. The van der Waals surface area contributed by atoms with Crippen molar-refractivity contribution in [1.29, 1.82) is 0 Å². The maximum atomic E-state index is 6.09. The first-order chi connectivity index (χ1) is 8.15. The van der Waals surface area contributed by atoms with Crippen LogP contribution in [0.15, 0.2) is 30.6 Å². The smallest absolute Gasteiger partial charge is 0.125 e. The molecule has 1 unspecified atom stereocenters. The molecule has 0 saturated heterocycles. The van der Waals surface area contributed by atoms with E-state index in [-0.39, 0.29) is 6.04 Å². The predicted molar refractivity (Wildman–Crippen MR) is 66.1 cm³/mol. The molecule has 0 fully saturated rings. The first kappa shape index (κ1) is 11.5. The van der Waals surface area contributed by atoms with Gasteiger partial charge in [-0.15, -0.1) is 0 Å². The van der Waals surface area contributed by atoms with E-state index in [4.69, 9.17) is 11.5 Å². The summed E-state index contributed by atoms with van der Waals surface area (Å²) in [5.41, 5.74) is 13.6. The van der Waals surface area contributed by atoms with E-state index < -0.39 is 0 Å². The molecule has 0 spiro atoms. The van der Waals surface area contributed by atoms with Gasteiger partial charge in [0.2, 0.25) is 0 Å². The Morgan fingerprint density at radius 3 is 2.71 bits per heavy atom. The molecule has 0 bridgehead atoms. The van der Waals surface area contributed by atoms with Gasteiger partial charge in [0, 0.05) is 12.4 Å². The van der Waals surface area contributed by atoms with Crippen molar-refractivity contribution >= 4 is 5.82 Å². The van der Waals surface area contributed by atoms with Crippen molar-refractivity contribution in [3.8, 4) is 0 Å². The second-order valence-electron chi connectivity index (χ2n) is 3.93. The molecule has 5 nitrogen and oxygen atoms in total. The molecule has 0 aliphatic heterocycles. The maximum Gasteiger partial charge on any atom is 0.125 e.